The van der Waals surface area contributed by atoms with E-state index < -0.39 is 36.7 Å². The molecule has 26 heavy (non-hydrogen) atoms. The molecule has 1 aromatic heterocycles. The summed E-state index contributed by atoms with van der Waals surface area (Å²) in [4.78, 5) is 12.9. The molecule has 0 amide bonds. The third kappa shape index (κ3) is 2.53. The second kappa shape index (κ2) is 6.29. The van der Waals surface area contributed by atoms with E-state index in [0.29, 0.717) is 17.1 Å². The molecule has 0 unspecified atom stereocenters. The average molecular weight is 363 g/mol. The van der Waals surface area contributed by atoms with Crippen molar-refractivity contribution in [3.05, 3.63) is 40.8 Å². The quantitative estimate of drug-likeness (QED) is 0.577. The summed E-state index contributed by atoms with van der Waals surface area (Å²) in [5.41, 5.74) is -0.236. The van der Waals surface area contributed by atoms with Crippen LogP contribution in [-0.4, -0.2) is 56.7 Å². The van der Waals surface area contributed by atoms with Crippen molar-refractivity contribution in [3.63, 3.8) is 0 Å². The first-order valence-electron chi connectivity index (χ1n) is 7.98. The molecule has 138 valence electrons. The van der Waals surface area contributed by atoms with Gasteiger partial charge in [0.25, 0.3) is 5.56 Å². The molecule has 1 saturated heterocycles. The molecule has 3 heterocycles. The number of benzene rings is 1. The van der Waals surface area contributed by atoms with Gasteiger partial charge in [-0.05, 0) is 23.8 Å². The van der Waals surface area contributed by atoms with Gasteiger partial charge in [-0.15, -0.1) is 0 Å². The number of aliphatic hydroxyl groups excluding tert-OH is 3. The van der Waals surface area contributed by atoms with Crippen LogP contribution in [0.3, 0.4) is 0 Å². The van der Waals surface area contributed by atoms with Gasteiger partial charge >= 0.3 is 0 Å². The number of aromatic nitrogens is 1. The second-order valence-corrected chi connectivity index (χ2v) is 6.09. The fourth-order valence-corrected chi connectivity index (χ4v) is 3.17. The number of aromatic hydroxyl groups is 1. The standard InChI is InChI=1S/C17H17NO8/c19-6-12-14(21)15(22)17(26-12)18-4-3-9(20)13(16(18)23)8-1-2-10-11(5-8)25-7-24-10/h1-5,12,14-15,17,19-22H,6-7H2/t12-,14-,15-,17-/m1/s1. The lowest BCUT2D eigenvalue weighted by atomic mass is 10.1. The lowest BCUT2D eigenvalue weighted by Crippen LogP contribution is -2.35. The van der Waals surface area contributed by atoms with Gasteiger partial charge in [0.05, 0.1) is 12.2 Å². The Morgan fingerprint density at radius 1 is 1.12 bits per heavy atom. The smallest absolute Gasteiger partial charge is 0.264 e. The summed E-state index contributed by atoms with van der Waals surface area (Å²) < 4.78 is 17.0. The van der Waals surface area contributed by atoms with Gasteiger partial charge in [0.2, 0.25) is 6.79 Å². The fraction of sp³-hybridized carbons (Fsp3) is 0.353. The molecule has 0 saturated carbocycles. The summed E-state index contributed by atoms with van der Waals surface area (Å²) in [7, 11) is 0. The Morgan fingerprint density at radius 3 is 2.62 bits per heavy atom. The minimum atomic E-state index is -1.40. The summed E-state index contributed by atoms with van der Waals surface area (Å²) in [6.07, 6.45) is -3.68. The largest absolute Gasteiger partial charge is 0.507 e. The topological polar surface area (TPSA) is 131 Å². The van der Waals surface area contributed by atoms with Gasteiger partial charge in [0.15, 0.2) is 17.7 Å². The molecule has 0 aliphatic carbocycles. The Kier molecular flexibility index (Phi) is 4.08. The zero-order valence-electron chi connectivity index (χ0n) is 13.5. The van der Waals surface area contributed by atoms with Gasteiger partial charge in [-0.1, -0.05) is 6.07 Å². The number of aliphatic hydroxyl groups is 3. The van der Waals surface area contributed by atoms with E-state index in [-0.39, 0.29) is 18.1 Å². The highest BCUT2D eigenvalue weighted by molar-refractivity contribution is 5.71. The van der Waals surface area contributed by atoms with E-state index in [1.165, 1.54) is 12.3 Å². The molecule has 0 spiro atoms. The predicted octanol–water partition coefficient (Wildman–Crippen LogP) is -0.439. The molecule has 0 bridgehead atoms. The first-order valence-corrected chi connectivity index (χ1v) is 7.98. The molecule has 4 N–H and O–H groups in total. The molecule has 0 radical (unpaired) electrons. The zero-order valence-corrected chi connectivity index (χ0v) is 13.5. The zero-order chi connectivity index (χ0) is 18.4. The number of ether oxygens (including phenoxy) is 3. The number of rotatable bonds is 3. The highest BCUT2D eigenvalue weighted by atomic mass is 16.7. The van der Waals surface area contributed by atoms with Gasteiger partial charge in [0.1, 0.15) is 24.1 Å². The molecule has 9 heteroatoms. The SMILES string of the molecule is O=c1c(-c2ccc3c(c2)OCO3)c(O)ccn1[C@@H]1O[C@H](CO)[C@@H](O)[C@H]1O. The maximum absolute atomic E-state index is 12.9. The van der Waals surface area contributed by atoms with Crippen molar-refractivity contribution in [2.75, 3.05) is 13.4 Å². The van der Waals surface area contributed by atoms with Crippen LogP contribution in [0.1, 0.15) is 6.23 Å². The van der Waals surface area contributed by atoms with Crippen LogP contribution in [0.4, 0.5) is 0 Å². The van der Waals surface area contributed by atoms with Crippen LogP contribution in [0.2, 0.25) is 0 Å². The fourth-order valence-electron chi connectivity index (χ4n) is 3.17. The van der Waals surface area contributed by atoms with Crippen molar-refractivity contribution in [2.24, 2.45) is 0 Å². The highest BCUT2D eigenvalue weighted by Gasteiger charge is 2.43. The van der Waals surface area contributed by atoms with Gasteiger partial charge in [-0.2, -0.15) is 0 Å². The maximum Gasteiger partial charge on any atom is 0.264 e. The Morgan fingerprint density at radius 2 is 1.88 bits per heavy atom. The van der Waals surface area contributed by atoms with E-state index in [1.807, 2.05) is 0 Å². The number of hydrogen-bond donors (Lipinski definition) is 4. The number of nitrogens with zero attached hydrogens (tertiary/aromatic N) is 1. The predicted molar refractivity (Wildman–Crippen MR) is 86.9 cm³/mol. The normalized spacial score (nSPS) is 27.0. The maximum atomic E-state index is 12.9. The summed E-state index contributed by atoms with van der Waals surface area (Å²) in [5, 5.41) is 39.4. The first-order chi connectivity index (χ1) is 12.5. The van der Waals surface area contributed by atoms with Crippen LogP contribution in [0.25, 0.3) is 11.1 Å². The summed E-state index contributed by atoms with van der Waals surface area (Å²) in [6.45, 7) is -0.428. The van der Waals surface area contributed by atoms with Crippen molar-refractivity contribution in [1.29, 1.82) is 0 Å². The van der Waals surface area contributed by atoms with Crippen LogP contribution in [0, 0.1) is 0 Å². The lowest BCUT2D eigenvalue weighted by Gasteiger charge is -2.19. The number of fused-ring (bicyclic) bond motifs is 1. The number of pyridine rings is 1. The third-order valence-corrected chi connectivity index (χ3v) is 4.55. The van der Waals surface area contributed by atoms with Crippen LogP contribution in [0.5, 0.6) is 17.2 Å². The van der Waals surface area contributed by atoms with Gasteiger partial charge in [0, 0.05) is 6.20 Å². The first kappa shape index (κ1) is 16.9. The minimum Gasteiger partial charge on any atom is -0.507 e. The Labute approximate surface area is 147 Å². The van der Waals surface area contributed by atoms with Gasteiger partial charge in [-0.25, -0.2) is 0 Å². The van der Waals surface area contributed by atoms with Crippen LogP contribution >= 0.6 is 0 Å². The number of hydrogen-bond acceptors (Lipinski definition) is 8. The molecule has 2 aliphatic heterocycles. The Hall–Kier alpha value is -2.59. The van der Waals surface area contributed by atoms with Crippen LogP contribution in [0.15, 0.2) is 35.3 Å². The monoisotopic (exact) mass is 363 g/mol. The van der Waals surface area contributed by atoms with Crippen molar-refractivity contribution < 1.29 is 34.6 Å². The van der Waals surface area contributed by atoms with Gasteiger partial charge < -0.3 is 34.6 Å². The van der Waals surface area contributed by atoms with E-state index in [4.69, 9.17) is 14.2 Å². The Bertz CT molecular complexity index is 895. The summed E-state index contributed by atoms with van der Waals surface area (Å²) >= 11 is 0. The average Bonchev–Trinajstić information content (AvgIpc) is 3.20. The molecular formula is C17H17NO8. The van der Waals surface area contributed by atoms with E-state index in [2.05, 4.69) is 0 Å². The van der Waals surface area contributed by atoms with E-state index >= 15 is 0 Å². The molecular weight excluding hydrogens is 346 g/mol. The van der Waals surface area contributed by atoms with E-state index in [1.54, 1.807) is 18.2 Å². The molecule has 4 atom stereocenters. The highest BCUT2D eigenvalue weighted by Crippen LogP contribution is 2.37. The summed E-state index contributed by atoms with van der Waals surface area (Å²) in [5.74, 6) is 0.731. The van der Waals surface area contributed by atoms with E-state index in [9.17, 15) is 25.2 Å². The third-order valence-electron chi connectivity index (χ3n) is 4.55. The van der Waals surface area contributed by atoms with Crippen molar-refractivity contribution >= 4 is 0 Å². The molecule has 2 aromatic rings. The van der Waals surface area contributed by atoms with Crippen molar-refractivity contribution in [3.8, 4) is 28.4 Å². The van der Waals surface area contributed by atoms with Crippen LogP contribution in [-0.2, 0) is 4.74 Å². The molecule has 1 aromatic carbocycles. The van der Waals surface area contributed by atoms with Gasteiger partial charge in [-0.3, -0.25) is 9.36 Å². The summed E-state index contributed by atoms with van der Waals surface area (Å²) in [6, 6.07) is 6.09. The van der Waals surface area contributed by atoms with Crippen molar-refractivity contribution in [1.82, 2.24) is 4.57 Å². The van der Waals surface area contributed by atoms with Crippen LogP contribution < -0.4 is 15.0 Å². The molecule has 4 rings (SSSR count). The molecule has 1 fully saturated rings. The lowest BCUT2D eigenvalue weighted by molar-refractivity contribution is -0.0543. The van der Waals surface area contributed by atoms with E-state index in [0.717, 1.165) is 4.57 Å². The Balaban J connectivity index is 1.78. The molecule has 2 aliphatic rings. The van der Waals surface area contributed by atoms with Crippen molar-refractivity contribution in [2.45, 2.75) is 24.5 Å². The molecule has 9 nitrogen and oxygen atoms in total. The second-order valence-electron chi connectivity index (χ2n) is 6.09. The minimum absolute atomic E-state index is 0.0106.